The Labute approximate surface area is 717 Å². The van der Waals surface area contributed by atoms with Crippen LogP contribution in [0, 0.1) is 58.8 Å². The van der Waals surface area contributed by atoms with Gasteiger partial charge in [-0.25, -0.2) is 0 Å². The van der Waals surface area contributed by atoms with E-state index in [1.54, 1.807) is 11.1 Å². The Bertz CT molecular complexity index is 5330. The molecule has 0 N–H and O–H groups in total. The van der Waals surface area contributed by atoms with Gasteiger partial charge in [-0.1, -0.05) is 193 Å². The van der Waals surface area contributed by atoms with Gasteiger partial charge in [0.05, 0.1) is 0 Å². The minimum Gasteiger partial charge on any atom is -0.487 e. The van der Waals surface area contributed by atoms with E-state index in [4.69, 9.17) is 4.74 Å². The molecule has 0 amide bonds. The van der Waals surface area contributed by atoms with Gasteiger partial charge in [0, 0.05) is 89.0 Å². The summed E-state index contributed by atoms with van der Waals surface area (Å²) in [7, 11) is 0. The summed E-state index contributed by atoms with van der Waals surface area (Å²) < 4.78 is 12.8. The van der Waals surface area contributed by atoms with E-state index in [1.165, 1.54) is 121 Å². The molecule has 0 radical (unpaired) electrons. The topological polar surface area (TPSA) is 19.0 Å². The second kappa shape index (κ2) is 31.1. The average Bonchev–Trinajstić information content (AvgIpc) is 1.53. The summed E-state index contributed by atoms with van der Waals surface area (Å²) in [5.41, 5.74) is 33.6. The molecule has 2 fully saturated rings. The third-order valence-corrected chi connectivity index (χ3v) is 30.0. The van der Waals surface area contributed by atoms with Gasteiger partial charge in [-0.15, -0.1) is 0 Å². The first-order chi connectivity index (χ1) is 53.2. The summed E-state index contributed by atoms with van der Waals surface area (Å²) in [6.07, 6.45) is 7.16. The first kappa shape index (κ1) is 79.9. The molecule has 1 heterocycles. The van der Waals surface area contributed by atoms with Crippen molar-refractivity contribution in [2.45, 2.75) is 177 Å². The largest absolute Gasteiger partial charge is 0.487 e. The summed E-state index contributed by atoms with van der Waals surface area (Å²) in [4.78, 5) is 7.00. The van der Waals surface area contributed by atoms with Gasteiger partial charge in [-0.05, 0) is 411 Å². The first-order valence-electron chi connectivity index (χ1n) is 39.6. The fourth-order valence-electron chi connectivity index (χ4n) is 19.5. The van der Waals surface area contributed by atoms with Crippen molar-refractivity contribution in [1.82, 2.24) is 0 Å². The van der Waals surface area contributed by atoms with Crippen LogP contribution in [0.4, 0.5) is 51.2 Å². The Morgan fingerprint density at radius 3 is 0.875 bits per heavy atom. The van der Waals surface area contributed by atoms with Crippen molar-refractivity contribution in [2.75, 3.05) is 14.7 Å². The minimum absolute atomic E-state index is 0.0694. The summed E-state index contributed by atoms with van der Waals surface area (Å²) in [5, 5.41) is 0. The van der Waals surface area contributed by atoms with Crippen molar-refractivity contribution >= 4 is 147 Å². The van der Waals surface area contributed by atoms with Crippen molar-refractivity contribution in [3.63, 3.8) is 0 Å². The fraction of sp³-hybridized carbons (Fsp3) is 0.294. The zero-order valence-electron chi connectivity index (χ0n) is 67.4. The Morgan fingerprint density at radius 2 is 0.545 bits per heavy atom. The van der Waals surface area contributed by atoms with Crippen LogP contribution >= 0.6 is 95.6 Å². The van der Waals surface area contributed by atoms with Gasteiger partial charge in [-0.3, -0.25) is 0 Å². The number of aryl methyl sites for hydroxylation is 6. The molecule has 12 aromatic carbocycles. The maximum atomic E-state index is 6.31. The molecule has 4 nitrogen and oxygen atoms in total. The normalized spacial score (nSPS) is 18.5. The minimum atomic E-state index is -0.238. The average molecular weight is 1860 g/mol. The molecule has 18 rings (SSSR count). The molecule has 2 saturated carbocycles. The highest BCUT2D eigenvalue weighted by atomic mass is 79.9. The zero-order valence-corrected chi connectivity index (χ0v) is 76.9. The van der Waals surface area contributed by atoms with Gasteiger partial charge in [0.1, 0.15) is 11.4 Å². The molecule has 6 aliphatic rings. The summed E-state index contributed by atoms with van der Waals surface area (Å²) in [6.45, 7) is 36.9. The van der Waals surface area contributed by atoms with Crippen LogP contribution in [0.25, 0.3) is 33.4 Å². The molecule has 0 saturated heterocycles. The molecule has 112 heavy (non-hydrogen) atoms. The van der Waals surface area contributed by atoms with E-state index in [2.05, 4.69) is 458 Å². The highest BCUT2D eigenvalue weighted by molar-refractivity contribution is 9.11. The second-order valence-corrected chi connectivity index (χ2v) is 40.5. The number of hydrogen-bond donors (Lipinski definition) is 0. The standard InChI is InChI=1S/C35H33Br2N.C35H37Br2N.C32H31Br2NO/c1-21-13-32(38(30-8-4-28(36)5-9-30)31-10-6-29(37)7-11-31)14-22(2)35(21)25-3-12-33-26-16-23-15-24(17-26)19-27(18-23)34(33)20-25;1-22-19-29(38(27-14-10-25(36)11-15-27)28-16-12-26(37)13-17-28)20-23(2)32(22)24-9-18-30-31(21-24)34(5,6)35(7,8)33(30,3)4;1-20-17-27(35(25-12-8-23(33)9-13-25)26-14-10-24(34)11-15-26)18-21(2)30(20)22-7-16-29-28(19-22)31(3,4)32(5,6)36-29/h3-14,20,23-24,26-27H,15-19H2,1-2H3;9-21H,1-8H3;7-19H,1-6H3. The zero-order chi connectivity index (χ0) is 79.4. The molecule has 0 spiro atoms. The smallest absolute Gasteiger partial charge is 0.124 e. The number of fused-ring (bicyclic) bond motifs is 2. The van der Waals surface area contributed by atoms with Crippen molar-refractivity contribution in [2.24, 2.45) is 17.3 Å². The number of nitrogens with zero attached hydrogens (tertiary/aromatic N) is 3. The third-order valence-electron chi connectivity index (χ3n) is 26.8. The van der Waals surface area contributed by atoms with E-state index in [1.807, 2.05) is 0 Å². The highest BCUT2D eigenvalue weighted by Gasteiger charge is 2.57. The summed E-state index contributed by atoms with van der Waals surface area (Å²) in [5.74, 6) is 4.48. The van der Waals surface area contributed by atoms with E-state index >= 15 is 0 Å². The van der Waals surface area contributed by atoms with Gasteiger partial charge < -0.3 is 19.4 Å². The second-order valence-electron chi connectivity index (χ2n) is 35.0. The number of ether oxygens (including phenoxy) is 1. The Morgan fingerprint density at radius 1 is 0.268 bits per heavy atom. The first-order valence-corrected chi connectivity index (χ1v) is 44.3. The van der Waals surface area contributed by atoms with Gasteiger partial charge in [0.15, 0.2) is 0 Å². The molecule has 572 valence electrons. The van der Waals surface area contributed by atoms with Crippen molar-refractivity contribution in [3.8, 4) is 39.1 Å². The Balaban J connectivity index is 0.000000133. The maximum Gasteiger partial charge on any atom is 0.124 e. The predicted molar refractivity (Wildman–Crippen MR) is 497 cm³/mol. The van der Waals surface area contributed by atoms with Crippen LogP contribution in [0.15, 0.2) is 263 Å². The van der Waals surface area contributed by atoms with Crippen LogP contribution in [0.2, 0.25) is 0 Å². The number of hydrogen-bond acceptors (Lipinski definition) is 4. The lowest BCUT2D eigenvalue weighted by Crippen LogP contribution is -2.42. The predicted octanol–water partition coefficient (Wildman–Crippen LogP) is 33.3. The highest BCUT2D eigenvalue weighted by Crippen LogP contribution is 2.63. The lowest BCUT2D eigenvalue weighted by molar-refractivity contribution is 0.0712. The van der Waals surface area contributed by atoms with Gasteiger partial charge in [-0.2, -0.15) is 0 Å². The van der Waals surface area contributed by atoms with Crippen LogP contribution in [0.3, 0.4) is 0 Å². The van der Waals surface area contributed by atoms with Gasteiger partial charge in [0.2, 0.25) is 0 Å². The van der Waals surface area contributed by atoms with E-state index in [0.29, 0.717) is 0 Å². The third kappa shape index (κ3) is 15.1. The van der Waals surface area contributed by atoms with Crippen LogP contribution in [0.1, 0.15) is 174 Å². The van der Waals surface area contributed by atoms with E-state index in [-0.39, 0.29) is 27.3 Å². The molecular weight excluding hydrogens is 1760 g/mol. The van der Waals surface area contributed by atoms with Gasteiger partial charge in [0.25, 0.3) is 0 Å². The lowest BCUT2D eigenvalue weighted by atomic mass is 9.59. The molecule has 5 aliphatic carbocycles. The monoisotopic (exact) mass is 1860 g/mol. The molecule has 12 aromatic rings. The van der Waals surface area contributed by atoms with E-state index in [0.717, 1.165) is 102 Å². The maximum absolute atomic E-state index is 6.31. The fourth-order valence-corrected chi connectivity index (χ4v) is 21.1. The Hall–Kier alpha value is -7.28. The van der Waals surface area contributed by atoms with E-state index in [9.17, 15) is 0 Å². The summed E-state index contributed by atoms with van der Waals surface area (Å²) in [6, 6.07) is 86.6. The SMILES string of the molecule is Cc1cc(N(c2ccc(Br)cc2)c2ccc(Br)cc2)cc(C)c1-c1ccc2c(c1)C(C)(C)C(C)(C)C2(C)C.Cc1cc(N(c2ccc(Br)cc2)c2ccc(Br)cc2)cc(C)c1-c1ccc2c(c1)C(C)(C)C(C)(C)O2.Cc1cc(N(c2ccc(Br)cc2)c2ccc(Br)cc2)cc(C)c1-c1ccc2c(c1)C1CC3CC(CC2C3)C1. The lowest BCUT2D eigenvalue weighted by Gasteiger charge is -2.44. The van der Waals surface area contributed by atoms with E-state index < -0.39 is 0 Å². The van der Waals surface area contributed by atoms with Crippen LogP contribution in [-0.4, -0.2) is 5.60 Å². The van der Waals surface area contributed by atoms with Gasteiger partial charge >= 0.3 is 0 Å². The van der Waals surface area contributed by atoms with Crippen LogP contribution in [0.5, 0.6) is 5.75 Å². The summed E-state index contributed by atoms with van der Waals surface area (Å²) >= 11 is 21.6. The molecule has 0 aromatic heterocycles. The molecule has 2 atom stereocenters. The number of benzene rings is 12. The van der Waals surface area contributed by atoms with Crippen molar-refractivity contribution in [3.05, 3.63) is 325 Å². The molecule has 2 unspecified atom stereocenters. The molecular formula is C102H101Br6N3O. The van der Waals surface area contributed by atoms with Crippen LogP contribution < -0.4 is 19.4 Å². The van der Waals surface area contributed by atoms with Crippen molar-refractivity contribution in [1.29, 1.82) is 0 Å². The molecule has 1 aliphatic heterocycles. The van der Waals surface area contributed by atoms with Crippen molar-refractivity contribution < 1.29 is 4.74 Å². The molecule has 10 heteroatoms. The quantitative estimate of drug-likeness (QED) is 0.121. The Kier molecular flexibility index (Phi) is 22.2. The number of anilines is 9. The molecule has 4 bridgehead atoms. The number of halogens is 6. The number of rotatable bonds is 12. The van der Waals surface area contributed by atoms with Crippen LogP contribution in [-0.2, 0) is 16.2 Å².